The standard InChI is InChI=1S/C7H14.C5H11NO2.H2/c1-7-5-3-2-4-6-7;1-5(2,3)8-4(6)7;/h7H,2-6H2,1H3;1-3H3,(H2,6,7);1H. The SMILES string of the molecule is CC(C)(C)OC(N)=O.CC1CCCCC1.[HH]. The highest BCUT2D eigenvalue weighted by Crippen LogP contribution is 2.22. The van der Waals surface area contributed by atoms with E-state index in [0.717, 1.165) is 5.92 Å². The average Bonchev–Trinajstić information content (AvgIpc) is 2.01. The second-order valence-electron chi connectivity index (χ2n) is 5.28. The van der Waals surface area contributed by atoms with E-state index >= 15 is 0 Å². The highest BCUT2D eigenvalue weighted by atomic mass is 16.6. The van der Waals surface area contributed by atoms with Gasteiger partial charge in [0, 0.05) is 1.43 Å². The van der Waals surface area contributed by atoms with Crippen LogP contribution < -0.4 is 5.73 Å². The quantitative estimate of drug-likeness (QED) is 0.672. The summed E-state index contributed by atoms with van der Waals surface area (Å²) in [5.41, 5.74) is 4.26. The van der Waals surface area contributed by atoms with Crippen molar-refractivity contribution < 1.29 is 11.0 Å². The first-order valence-electron chi connectivity index (χ1n) is 5.79. The van der Waals surface area contributed by atoms with Crippen molar-refractivity contribution in [1.82, 2.24) is 0 Å². The highest BCUT2D eigenvalue weighted by molar-refractivity contribution is 5.65. The van der Waals surface area contributed by atoms with E-state index in [1.165, 1.54) is 32.1 Å². The minimum atomic E-state index is -0.725. The third-order valence-corrected chi connectivity index (χ3v) is 2.30. The second-order valence-corrected chi connectivity index (χ2v) is 5.28. The van der Waals surface area contributed by atoms with Crippen LogP contribution in [0.2, 0.25) is 0 Å². The molecule has 0 heterocycles. The molecule has 0 atom stereocenters. The molecule has 0 saturated heterocycles. The summed E-state index contributed by atoms with van der Waals surface area (Å²) < 4.78 is 4.58. The number of hydrogen-bond donors (Lipinski definition) is 1. The van der Waals surface area contributed by atoms with Crippen molar-refractivity contribution in [2.75, 3.05) is 0 Å². The number of hydrogen-bond acceptors (Lipinski definition) is 2. The Hall–Kier alpha value is -0.730. The number of nitrogens with two attached hydrogens (primary N) is 1. The zero-order chi connectivity index (χ0) is 11.9. The molecule has 1 amide bonds. The second kappa shape index (κ2) is 6.70. The summed E-state index contributed by atoms with van der Waals surface area (Å²) in [5.74, 6) is 1.04. The molecule has 2 N–H and O–H groups in total. The summed E-state index contributed by atoms with van der Waals surface area (Å²) in [6.07, 6.45) is 6.71. The van der Waals surface area contributed by atoms with Gasteiger partial charge in [0.15, 0.2) is 0 Å². The van der Waals surface area contributed by atoms with Crippen LogP contribution in [0.25, 0.3) is 0 Å². The summed E-state index contributed by atoms with van der Waals surface area (Å²) in [6, 6.07) is 0. The van der Waals surface area contributed by atoms with Crippen molar-refractivity contribution in [3.63, 3.8) is 0 Å². The van der Waals surface area contributed by atoms with Crippen LogP contribution in [-0.2, 0) is 4.74 Å². The van der Waals surface area contributed by atoms with Crippen molar-refractivity contribution in [3.05, 3.63) is 0 Å². The summed E-state index contributed by atoms with van der Waals surface area (Å²) in [4.78, 5) is 10.0. The molecule has 3 heteroatoms. The molecule has 0 radical (unpaired) electrons. The van der Waals surface area contributed by atoms with Gasteiger partial charge in [-0.1, -0.05) is 39.0 Å². The maximum atomic E-state index is 10.0. The van der Waals surface area contributed by atoms with Gasteiger partial charge in [0.2, 0.25) is 0 Å². The first kappa shape index (κ1) is 14.3. The Morgan fingerprint density at radius 2 is 1.73 bits per heavy atom. The lowest BCUT2D eigenvalue weighted by Gasteiger charge is -2.16. The lowest BCUT2D eigenvalue weighted by atomic mass is 9.91. The average molecular weight is 217 g/mol. The fraction of sp³-hybridized carbons (Fsp3) is 0.917. The summed E-state index contributed by atoms with van der Waals surface area (Å²) in [6.45, 7) is 7.65. The first-order valence-corrected chi connectivity index (χ1v) is 5.79. The molecule has 1 rings (SSSR count). The van der Waals surface area contributed by atoms with E-state index in [4.69, 9.17) is 5.73 Å². The molecule has 0 bridgehead atoms. The molecule has 0 aliphatic heterocycles. The largest absolute Gasteiger partial charge is 0.444 e. The lowest BCUT2D eigenvalue weighted by molar-refractivity contribution is 0.0600. The summed E-state index contributed by atoms with van der Waals surface area (Å²) >= 11 is 0. The van der Waals surface area contributed by atoms with Crippen LogP contribution in [0.1, 0.15) is 61.2 Å². The van der Waals surface area contributed by atoms with Crippen LogP contribution in [0, 0.1) is 5.92 Å². The van der Waals surface area contributed by atoms with Gasteiger partial charge < -0.3 is 10.5 Å². The number of primary amides is 1. The Morgan fingerprint density at radius 3 is 1.87 bits per heavy atom. The number of rotatable bonds is 0. The van der Waals surface area contributed by atoms with Crippen molar-refractivity contribution in [1.29, 1.82) is 0 Å². The van der Waals surface area contributed by atoms with Crippen LogP contribution in [0.5, 0.6) is 0 Å². The Bertz CT molecular complexity index is 184. The van der Waals surface area contributed by atoms with Gasteiger partial charge in [-0.05, 0) is 26.7 Å². The van der Waals surface area contributed by atoms with Gasteiger partial charge >= 0.3 is 6.09 Å². The molecule has 1 aliphatic rings. The number of carbonyl (C=O) groups is 1. The lowest BCUT2D eigenvalue weighted by Crippen LogP contribution is -2.27. The van der Waals surface area contributed by atoms with Crippen molar-refractivity contribution in [2.24, 2.45) is 11.7 Å². The fourth-order valence-corrected chi connectivity index (χ4v) is 1.61. The third-order valence-electron chi connectivity index (χ3n) is 2.30. The molecular formula is C12H27NO2. The maximum Gasteiger partial charge on any atom is 0.405 e. The number of carbonyl (C=O) groups excluding carboxylic acids is 1. The predicted molar refractivity (Wildman–Crippen MR) is 64.8 cm³/mol. The highest BCUT2D eigenvalue weighted by Gasteiger charge is 2.12. The number of ether oxygens (including phenoxy) is 1. The van der Waals surface area contributed by atoms with E-state index in [2.05, 4.69) is 11.7 Å². The van der Waals surface area contributed by atoms with Gasteiger partial charge in [0.1, 0.15) is 5.60 Å². The van der Waals surface area contributed by atoms with E-state index in [1.807, 2.05) is 0 Å². The molecular weight excluding hydrogens is 190 g/mol. The Morgan fingerprint density at radius 1 is 1.27 bits per heavy atom. The zero-order valence-electron chi connectivity index (χ0n) is 10.5. The molecule has 1 aliphatic carbocycles. The Labute approximate surface area is 94.9 Å². The van der Waals surface area contributed by atoms with Gasteiger partial charge in [-0.15, -0.1) is 0 Å². The van der Waals surface area contributed by atoms with Gasteiger partial charge in [-0.3, -0.25) is 0 Å². The molecule has 92 valence electrons. The van der Waals surface area contributed by atoms with Crippen LogP contribution >= 0.6 is 0 Å². The zero-order valence-corrected chi connectivity index (χ0v) is 10.5. The molecule has 0 spiro atoms. The van der Waals surface area contributed by atoms with Crippen LogP contribution in [-0.4, -0.2) is 11.7 Å². The predicted octanol–water partition coefficient (Wildman–Crippen LogP) is 3.71. The van der Waals surface area contributed by atoms with Crippen molar-refractivity contribution in [2.45, 2.75) is 65.4 Å². The van der Waals surface area contributed by atoms with E-state index in [-0.39, 0.29) is 1.43 Å². The van der Waals surface area contributed by atoms with Gasteiger partial charge in [-0.2, -0.15) is 0 Å². The molecule has 1 saturated carbocycles. The number of amides is 1. The molecule has 0 aromatic rings. The Balaban J connectivity index is 0. The molecule has 0 unspecified atom stereocenters. The van der Waals surface area contributed by atoms with Gasteiger partial charge in [0.05, 0.1) is 0 Å². The van der Waals surface area contributed by atoms with Gasteiger partial charge in [0.25, 0.3) is 0 Å². The van der Waals surface area contributed by atoms with E-state index in [0.29, 0.717) is 0 Å². The fourth-order valence-electron chi connectivity index (χ4n) is 1.61. The summed E-state index contributed by atoms with van der Waals surface area (Å²) in [7, 11) is 0. The third kappa shape index (κ3) is 11.2. The topological polar surface area (TPSA) is 52.3 Å². The smallest absolute Gasteiger partial charge is 0.405 e. The molecule has 1 fully saturated rings. The van der Waals surface area contributed by atoms with E-state index in [9.17, 15) is 4.79 Å². The van der Waals surface area contributed by atoms with Crippen LogP contribution in [0.15, 0.2) is 0 Å². The van der Waals surface area contributed by atoms with Gasteiger partial charge in [-0.25, -0.2) is 4.79 Å². The van der Waals surface area contributed by atoms with E-state index in [1.54, 1.807) is 20.8 Å². The molecule has 15 heavy (non-hydrogen) atoms. The summed E-state index contributed by atoms with van der Waals surface area (Å²) in [5, 5.41) is 0. The van der Waals surface area contributed by atoms with Crippen LogP contribution in [0.3, 0.4) is 0 Å². The molecule has 3 nitrogen and oxygen atoms in total. The minimum absolute atomic E-state index is 0. The molecule has 0 aromatic carbocycles. The minimum Gasteiger partial charge on any atom is -0.444 e. The first-order chi connectivity index (χ1) is 6.81. The van der Waals surface area contributed by atoms with Crippen LogP contribution in [0.4, 0.5) is 4.79 Å². The van der Waals surface area contributed by atoms with Crippen molar-refractivity contribution >= 4 is 6.09 Å². The normalized spacial score (nSPS) is 17.6. The molecule has 0 aromatic heterocycles. The monoisotopic (exact) mass is 217 g/mol. The van der Waals surface area contributed by atoms with E-state index < -0.39 is 11.7 Å². The maximum absolute atomic E-state index is 10.0. The Kier molecular flexibility index (Phi) is 6.37. The van der Waals surface area contributed by atoms with Crippen molar-refractivity contribution in [3.8, 4) is 0 Å².